The minimum Gasteiger partial charge on any atom is -0.459 e. The highest BCUT2D eigenvalue weighted by Crippen LogP contribution is 2.35. The van der Waals surface area contributed by atoms with Crippen LogP contribution in [0.2, 0.25) is 0 Å². The van der Waals surface area contributed by atoms with E-state index in [1.54, 1.807) is 69.4 Å². The number of ketones is 3. The third-order valence-electron chi connectivity index (χ3n) is 5.05. The van der Waals surface area contributed by atoms with Crippen molar-refractivity contribution in [3.05, 3.63) is 83.2 Å². The zero-order chi connectivity index (χ0) is 22.3. The van der Waals surface area contributed by atoms with Crippen molar-refractivity contribution < 1.29 is 23.9 Å². The van der Waals surface area contributed by atoms with Crippen LogP contribution in [0.3, 0.4) is 0 Å². The summed E-state index contributed by atoms with van der Waals surface area (Å²) in [6, 6.07) is 14.7. The van der Waals surface area contributed by atoms with Gasteiger partial charge in [-0.05, 0) is 56.2 Å². The first kappa shape index (κ1) is 20.5. The summed E-state index contributed by atoms with van der Waals surface area (Å²) in [5.74, 6) is -3.48. The quantitative estimate of drug-likeness (QED) is 0.296. The Labute approximate surface area is 179 Å². The molecular formula is C25H21NO5. The smallest absolute Gasteiger partial charge is 0.323 e. The van der Waals surface area contributed by atoms with Crippen LogP contribution in [0.25, 0.3) is 11.1 Å². The fraction of sp³-hybridized carbons (Fsp3) is 0.200. The molecule has 0 spiro atoms. The maximum Gasteiger partial charge on any atom is 0.323 e. The molecule has 1 aliphatic rings. The summed E-state index contributed by atoms with van der Waals surface area (Å²) in [7, 11) is 0. The molecule has 6 nitrogen and oxygen atoms in total. The maximum absolute atomic E-state index is 13.4. The van der Waals surface area contributed by atoms with E-state index in [0.717, 1.165) is 0 Å². The van der Waals surface area contributed by atoms with Gasteiger partial charge in [0, 0.05) is 28.6 Å². The Bertz CT molecular complexity index is 1210. The number of rotatable bonds is 4. The van der Waals surface area contributed by atoms with E-state index in [4.69, 9.17) is 4.74 Å². The second-order valence-electron chi connectivity index (χ2n) is 8.42. The van der Waals surface area contributed by atoms with E-state index in [-0.39, 0.29) is 11.1 Å². The van der Waals surface area contributed by atoms with Gasteiger partial charge in [0.15, 0.2) is 11.7 Å². The number of fused-ring (bicyclic) bond motifs is 3. The highest BCUT2D eigenvalue weighted by atomic mass is 16.6. The molecule has 0 bridgehead atoms. The first-order chi connectivity index (χ1) is 14.7. The van der Waals surface area contributed by atoms with Gasteiger partial charge < -0.3 is 9.72 Å². The Balaban J connectivity index is 1.79. The van der Waals surface area contributed by atoms with Gasteiger partial charge in [-0.3, -0.25) is 19.2 Å². The molecule has 31 heavy (non-hydrogen) atoms. The molecule has 0 aliphatic heterocycles. The van der Waals surface area contributed by atoms with Crippen molar-refractivity contribution in [2.75, 3.05) is 0 Å². The van der Waals surface area contributed by atoms with Gasteiger partial charge in [-0.2, -0.15) is 0 Å². The molecule has 0 saturated carbocycles. The lowest BCUT2D eigenvalue weighted by atomic mass is 9.82. The molecule has 156 valence electrons. The molecule has 4 rings (SSSR count). The van der Waals surface area contributed by atoms with Gasteiger partial charge in [-0.1, -0.05) is 30.3 Å². The second-order valence-corrected chi connectivity index (χ2v) is 8.42. The highest BCUT2D eigenvalue weighted by molar-refractivity contribution is 6.53. The van der Waals surface area contributed by atoms with Crippen LogP contribution in [-0.4, -0.2) is 33.9 Å². The predicted octanol–water partition coefficient (Wildman–Crippen LogP) is 4.37. The van der Waals surface area contributed by atoms with Gasteiger partial charge in [-0.25, -0.2) is 0 Å². The van der Waals surface area contributed by atoms with E-state index in [2.05, 4.69) is 4.98 Å². The molecule has 2 aromatic carbocycles. The molecule has 1 N–H and O–H groups in total. The van der Waals surface area contributed by atoms with Crippen LogP contribution in [0.15, 0.2) is 60.8 Å². The fourth-order valence-corrected chi connectivity index (χ4v) is 3.71. The number of hydrogen-bond donors (Lipinski definition) is 1. The molecule has 0 radical (unpaired) electrons. The average molecular weight is 415 g/mol. The Morgan fingerprint density at radius 3 is 2.10 bits per heavy atom. The van der Waals surface area contributed by atoms with Gasteiger partial charge >= 0.3 is 5.97 Å². The molecule has 0 amide bonds. The Morgan fingerprint density at radius 1 is 0.839 bits per heavy atom. The van der Waals surface area contributed by atoms with Crippen LogP contribution in [-0.2, 0) is 9.53 Å². The van der Waals surface area contributed by atoms with Gasteiger partial charge in [0.05, 0.1) is 0 Å². The van der Waals surface area contributed by atoms with E-state index in [0.29, 0.717) is 22.4 Å². The Kier molecular flexibility index (Phi) is 4.93. The zero-order valence-electron chi connectivity index (χ0n) is 17.4. The van der Waals surface area contributed by atoms with E-state index >= 15 is 0 Å². The molecule has 3 aromatic rings. The fourth-order valence-electron chi connectivity index (χ4n) is 3.71. The van der Waals surface area contributed by atoms with E-state index in [1.165, 1.54) is 12.1 Å². The van der Waals surface area contributed by atoms with Crippen LogP contribution in [0, 0.1) is 0 Å². The van der Waals surface area contributed by atoms with Crippen LogP contribution in [0.5, 0.6) is 0 Å². The molecule has 0 fully saturated rings. The van der Waals surface area contributed by atoms with Gasteiger partial charge in [-0.15, -0.1) is 0 Å². The maximum atomic E-state index is 13.4. The average Bonchev–Trinajstić information content (AvgIpc) is 3.24. The SMILES string of the molecule is CC(C)(C)OC(=O)C(C(=O)c1ccc2c(c1)-c1ccccc1C(=O)C2=O)c1ccc[nH]1. The summed E-state index contributed by atoms with van der Waals surface area (Å²) >= 11 is 0. The van der Waals surface area contributed by atoms with Gasteiger partial charge in [0.25, 0.3) is 0 Å². The molecule has 1 heterocycles. The number of carbonyl (C=O) groups excluding carboxylic acids is 4. The number of H-pyrrole nitrogens is 1. The van der Waals surface area contributed by atoms with Crippen molar-refractivity contribution in [1.29, 1.82) is 0 Å². The minimum absolute atomic E-state index is 0.244. The standard InChI is InChI=1S/C25H21NO5/c1-25(2,3)31-24(30)20(19-9-6-12-26-19)21(27)14-10-11-17-18(13-14)15-7-4-5-8-16(15)22(28)23(17)29/h4-13,20,26H,1-3H3. The normalized spacial score (nSPS) is 13.9. The molecule has 6 heteroatoms. The third-order valence-corrected chi connectivity index (χ3v) is 5.05. The predicted molar refractivity (Wildman–Crippen MR) is 114 cm³/mol. The number of hydrogen-bond acceptors (Lipinski definition) is 5. The number of benzene rings is 2. The number of nitrogens with one attached hydrogen (secondary N) is 1. The monoisotopic (exact) mass is 415 g/mol. The number of Topliss-reactive ketones (excluding diaryl/α,β-unsaturated/α-hetero) is 3. The minimum atomic E-state index is -1.18. The van der Waals surface area contributed by atoms with Crippen LogP contribution >= 0.6 is 0 Å². The topological polar surface area (TPSA) is 93.3 Å². The summed E-state index contributed by atoms with van der Waals surface area (Å²) < 4.78 is 5.49. The van der Waals surface area contributed by atoms with Gasteiger partial charge in [0.2, 0.25) is 11.6 Å². The van der Waals surface area contributed by atoms with Crippen LogP contribution in [0.1, 0.15) is 63.5 Å². The zero-order valence-corrected chi connectivity index (χ0v) is 17.4. The molecule has 0 saturated heterocycles. The molecular weight excluding hydrogens is 394 g/mol. The summed E-state index contributed by atoms with van der Waals surface area (Å²) in [4.78, 5) is 54.2. The second kappa shape index (κ2) is 7.47. The van der Waals surface area contributed by atoms with Crippen LogP contribution in [0.4, 0.5) is 0 Å². The summed E-state index contributed by atoms with van der Waals surface area (Å²) in [5, 5.41) is 0. The molecule has 1 aliphatic carbocycles. The van der Waals surface area contributed by atoms with Crippen molar-refractivity contribution in [1.82, 2.24) is 4.98 Å². The number of aromatic nitrogens is 1. The van der Waals surface area contributed by atoms with E-state index < -0.39 is 34.8 Å². The first-order valence-corrected chi connectivity index (χ1v) is 9.90. The Hall–Kier alpha value is -3.80. The summed E-state index contributed by atoms with van der Waals surface area (Å²) in [5.41, 5.74) is 1.55. The lowest BCUT2D eigenvalue weighted by Crippen LogP contribution is -2.32. The van der Waals surface area contributed by atoms with Crippen molar-refractivity contribution >= 4 is 23.3 Å². The molecule has 1 unspecified atom stereocenters. The van der Waals surface area contributed by atoms with Crippen molar-refractivity contribution in [3.63, 3.8) is 0 Å². The number of carbonyl (C=O) groups is 4. The van der Waals surface area contributed by atoms with E-state index in [9.17, 15) is 19.2 Å². The molecule has 1 atom stereocenters. The molecule has 1 aromatic heterocycles. The van der Waals surface area contributed by atoms with Crippen molar-refractivity contribution in [2.24, 2.45) is 0 Å². The summed E-state index contributed by atoms with van der Waals surface area (Å²) in [6.07, 6.45) is 1.63. The third kappa shape index (κ3) is 3.72. The van der Waals surface area contributed by atoms with Crippen molar-refractivity contribution in [3.8, 4) is 11.1 Å². The number of ether oxygens (including phenoxy) is 1. The summed E-state index contributed by atoms with van der Waals surface area (Å²) in [6.45, 7) is 5.21. The van der Waals surface area contributed by atoms with E-state index in [1.807, 2.05) is 0 Å². The lowest BCUT2D eigenvalue weighted by molar-refractivity contribution is -0.155. The Morgan fingerprint density at radius 2 is 1.48 bits per heavy atom. The first-order valence-electron chi connectivity index (χ1n) is 9.90. The highest BCUT2D eigenvalue weighted by Gasteiger charge is 2.36. The lowest BCUT2D eigenvalue weighted by Gasteiger charge is -2.23. The number of aromatic amines is 1. The number of esters is 1. The van der Waals surface area contributed by atoms with Gasteiger partial charge in [0.1, 0.15) is 5.60 Å². The van der Waals surface area contributed by atoms with Crippen molar-refractivity contribution in [2.45, 2.75) is 32.3 Å². The largest absolute Gasteiger partial charge is 0.459 e. The van der Waals surface area contributed by atoms with Crippen LogP contribution < -0.4 is 0 Å².